The van der Waals surface area contributed by atoms with Crippen LogP contribution in [0.3, 0.4) is 0 Å². The van der Waals surface area contributed by atoms with Crippen molar-refractivity contribution in [2.45, 2.75) is 52.6 Å². The predicted molar refractivity (Wildman–Crippen MR) is 66.1 cm³/mol. The highest BCUT2D eigenvalue weighted by Gasteiger charge is 2.28. The molecule has 4 heteroatoms. The Morgan fingerprint density at radius 1 is 1.44 bits per heavy atom. The van der Waals surface area contributed by atoms with Crippen LogP contribution in [0.15, 0.2) is 0 Å². The van der Waals surface area contributed by atoms with E-state index in [2.05, 4.69) is 12.2 Å². The van der Waals surface area contributed by atoms with Crippen molar-refractivity contribution < 1.29 is 9.53 Å². The molecule has 0 radical (unpaired) electrons. The molecule has 1 amide bonds. The van der Waals surface area contributed by atoms with Gasteiger partial charge in [-0.05, 0) is 11.8 Å². The molecule has 0 aromatic carbocycles. The fourth-order valence-electron chi connectivity index (χ4n) is 1.43. The quantitative estimate of drug-likeness (QED) is 0.722. The Balaban J connectivity index is 4.28. The highest BCUT2D eigenvalue weighted by Crippen LogP contribution is 2.17. The molecule has 96 valence electrons. The average molecular weight is 230 g/mol. The predicted octanol–water partition coefficient (Wildman–Crippen LogP) is 1.29. The number of hydrogen-bond donors (Lipinski definition) is 2. The summed E-state index contributed by atoms with van der Waals surface area (Å²) in [5.41, 5.74) is 5.67. The molecule has 2 atom stereocenters. The first kappa shape index (κ1) is 15.4. The van der Waals surface area contributed by atoms with Gasteiger partial charge in [0.2, 0.25) is 5.91 Å². The molecule has 0 aliphatic heterocycles. The van der Waals surface area contributed by atoms with Crippen LogP contribution in [0.2, 0.25) is 0 Å². The first-order valence-electron chi connectivity index (χ1n) is 5.87. The number of hydrogen-bond acceptors (Lipinski definition) is 3. The lowest BCUT2D eigenvalue weighted by molar-refractivity contribution is -0.125. The van der Waals surface area contributed by atoms with Gasteiger partial charge < -0.3 is 15.8 Å². The molecular formula is C12H26N2O2. The largest absolute Gasteiger partial charge is 0.383 e. The highest BCUT2D eigenvalue weighted by molar-refractivity contribution is 5.82. The van der Waals surface area contributed by atoms with Gasteiger partial charge in [0.15, 0.2) is 0 Å². The molecule has 0 aliphatic rings. The second-order valence-electron chi connectivity index (χ2n) is 5.29. The van der Waals surface area contributed by atoms with Gasteiger partial charge in [0.05, 0.1) is 18.7 Å². The molecule has 0 fully saturated rings. The Bertz CT molecular complexity index is 206. The van der Waals surface area contributed by atoms with Gasteiger partial charge in [-0.3, -0.25) is 4.79 Å². The Kier molecular flexibility index (Phi) is 6.60. The number of methoxy groups -OCH3 is 1. The van der Waals surface area contributed by atoms with E-state index in [9.17, 15) is 4.79 Å². The number of ether oxygens (including phenoxy) is 1. The van der Waals surface area contributed by atoms with Crippen LogP contribution in [0.1, 0.15) is 40.5 Å². The second-order valence-corrected chi connectivity index (χ2v) is 5.29. The third kappa shape index (κ3) is 5.47. The van der Waals surface area contributed by atoms with Crippen LogP contribution < -0.4 is 11.1 Å². The van der Waals surface area contributed by atoms with Crippen LogP contribution in [0.5, 0.6) is 0 Å². The summed E-state index contributed by atoms with van der Waals surface area (Å²) in [5, 5.41) is 2.94. The smallest absolute Gasteiger partial charge is 0.237 e. The van der Waals surface area contributed by atoms with Crippen molar-refractivity contribution >= 4 is 5.91 Å². The molecule has 0 bridgehead atoms. The van der Waals surface area contributed by atoms with E-state index in [1.807, 2.05) is 20.8 Å². The van der Waals surface area contributed by atoms with Gasteiger partial charge in [0.25, 0.3) is 0 Å². The van der Waals surface area contributed by atoms with Crippen molar-refractivity contribution in [1.82, 2.24) is 5.32 Å². The van der Waals surface area contributed by atoms with Crippen LogP contribution in [0, 0.1) is 5.41 Å². The molecule has 0 saturated heterocycles. The monoisotopic (exact) mass is 230 g/mol. The van der Waals surface area contributed by atoms with Crippen LogP contribution in [0.25, 0.3) is 0 Å². The lowest BCUT2D eigenvalue weighted by Gasteiger charge is -2.28. The van der Waals surface area contributed by atoms with Crippen LogP contribution >= 0.6 is 0 Å². The van der Waals surface area contributed by atoms with Gasteiger partial charge in [0, 0.05) is 7.11 Å². The van der Waals surface area contributed by atoms with E-state index < -0.39 is 6.04 Å². The van der Waals surface area contributed by atoms with E-state index in [4.69, 9.17) is 10.5 Å². The number of rotatable bonds is 6. The molecule has 4 nitrogen and oxygen atoms in total. The SMILES string of the molecule is CCCC(COC)NC(=O)[C@@H](N)C(C)(C)C. The third-order valence-electron chi connectivity index (χ3n) is 2.57. The molecule has 0 saturated carbocycles. The molecule has 1 unspecified atom stereocenters. The number of amides is 1. The number of carbonyl (C=O) groups excluding carboxylic acids is 1. The maximum absolute atomic E-state index is 11.9. The fraction of sp³-hybridized carbons (Fsp3) is 0.917. The molecule has 0 heterocycles. The fourth-order valence-corrected chi connectivity index (χ4v) is 1.43. The Labute approximate surface area is 98.9 Å². The Hall–Kier alpha value is -0.610. The van der Waals surface area contributed by atoms with Crippen molar-refractivity contribution in [3.63, 3.8) is 0 Å². The Morgan fingerprint density at radius 2 is 2.00 bits per heavy atom. The van der Waals surface area contributed by atoms with E-state index in [1.54, 1.807) is 7.11 Å². The molecule has 16 heavy (non-hydrogen) atoms. The van der Waals surface area contributed by atoms with Gasteiger partial charge in [-0.1, -0.05) is 34.1 Å². The molecule has 0 aromatic heterocycles. The third-order valence-corrected chi connectivity index (χ3v) is 2.57. The van der Waals surface area contributed by atoms with Crippen LogP contribution in [-0.4, -0.2) is 31.7 Å². The van der Waals surface area contributed by atoms with Gasteiger partial charge in [-0.15, -0.1) is 0 Å². The summed E-state index contributed by atoms with van der Waals surface area (Å²) in [6, 6.07) is -0.417. The topological polar surface area (TPSA) is 64.3 Å². The van der Waals surface area contributed by atoms with Crippen molar-refractivity contribution in [2.75, 3.05) is 13.7 Å². The second kappa shape index (κ2) is 6.86. The summed E-state index contributed by atoms with van der Waals surface area (Å²) in [4.78, 5) is 11.9. The lowest BCUT2D eigenvalue weighted by Crippen LogP contribution is -2.52. The van der Waals surface area contributed by atoms with Crippen LogP contribution in [0.4, 0.5) is 0 Å². The number of nitrogens with one attached hydrogen (secondary N) is 1. The normalized spacial score (nSPS) is 15.6. The zero-order chi connectivity index (χ0) is 12.8. The molecular weight excluding hydrogens is 204 g/mol. The summed E-state index contributed by atoms with van der Waals surface area (Å²) in [6.45, 7) is 8.50. The van der Waals surface area contributed by atoms with Gasteiger partial charge in [0.1, 0.15) is 0 Å². The summed E-state index contributed by atoms with van der Waals surface area (Å²) in [6.07, 6.45) is 1.93. The molecule has 3 N–H and O–H groups in total. The first-order chi connectivity index (χ1) is 7.32. The number of carbonyl (C=O) groups is 1. The zero-order valence-electron chi connectivity index (χ0n) is 11.2. The minimum atomic E-state index is -0.483. The minimum absolute atomic E-state index is 0.0656. The van der Waals surface area contributed by atoms with Gasteiger partial charge >= 0.3 is 0 Å². The minimum Gasteiger partial charge on any atom is -0.383 e. The maximum atomic E-state index is 11.9. The van der Waals surface area contributed by atoms with E-state index in [-0.39, 0.29) is 17.4 Å². The van der Waals surface area contributed by atoms with Crippen molar-refractivity contribution in [2.24, 2.45) is 11.1 Å². The highest BCUT2D eigenvalue weighted by atomic mass is 16.5. The molecule has 0 aliphatic carbocycles. The average Bonchev–Trinajstić information content (AvgIpc) is 2.15. The van der Waals surface area contributed by atoms with Gasteiger partial charge in [-0.25, -0.2) is 0 Å². The molecule has 0 spiro atoms. The molecule has 0 aromatic rings. The summed E-state index contributed by atoms with van der Waals surface area (Å²) >= 11 is 0. The van der Waals surface area contributed by atoms with E-state index in [0.717, 1.165) is 12.8 Å². The molecule has 0 rings (SSSR count). The Morgan fingerprint density at radius 3 is 2.38 bits per heavy atom. The van der Waals surface area contributed by atoms with E-state index in [1.165, 1.54) is 0 Å². The first-order valence-corrected chi connectivity index (χ1v) is 5.87. The van der Waals surface area contributed by atoms with Crippen LogP contribution in [-0.2, 0) is 9.53 Å². The maximum Gasteiger partial charge on any atom is 0.237 e. The van der Waals surface area contributed by atoms with Crippen molar-refractivity contribution in [1.29, 1.82) is 0 Å². The lowest BCUT2D eigenvalue weighted by atomic mass is 9.87. The summed E-state index contributed by atoms with van der Waals surface area (Å²) < 4.78 is 5.07. The number of nitrogens with two attached hydrogens (primary N) is 1. The van der Waals surface area contributed by atoms with Crippen molar-refractivity contribution in [3.05, 3.63) is 0 Å². The van der Waals surface area contributed by atoms with Gasteiger partial charge in [-0.2, -0.15) is 0 Å². The summed E-state index contributed by atoms with van der Waals surface area (Å²) in [7, 11) is 1.64. The van der Waals surface area contributed by atoms with E-state index in [0.29, 0.717) is 6.61 Å². The summed E-state index contributed by atoms with van der Waals surface area (Å²) in [5.74, 6) is -0.0944. The van der Waals surface area contributed by atoms with Crippen molar-refractivity contribution in [3.8, 4) is 0 Å². The standard InChI is InChI=1S/C12H26N2O2/c1-6-7-9(8-16-5)14-11(15)10(13)12(2,3)4/h9-10H,6-8,13H2,1-5H3,(H,14,15)/t9?,10-/m1/s1. The van der Waals surface area contributed by atoms with E-state index >= 15 is 0 Å². The zero-order valence-corrected chi connectivity index (χ0v) is 11.2.